The number of nitrogens with one attached hydrogen (secondary N) is 1. The zero-order valence-electron chi connectivity index (χ0n) is 12.9. The van der Waals surface area contributed by atoms with Crippen LogP contribution >= 0.6 is 0 Å². The number of nitrogens with zero attached hydrogens (tertiary/aromatic N) is 1. The summed E-state index contributed by atoms with van der Waals surface area (Å²) in [4.78, 5) is 14.7. The van der Waals surface area contributed by atoms with Crippen molar-refractivity contribution in [3.8, 4) is 12.3 Å². The van der Waals surface area contributed by atoms with Gasteiger partial charge in [-0.15, -0.1) is 6.42 Å². The molecule has 0 aromatic carbocycles. The zero-order chi connectivity index (χ0) is 15.1. The number of carbonyl (C=O) groups is 1. The molecule has 2 rings (SSSR count). The van der Waals surface area contributed by atoms with Crippen molar-refractivity contribution in [2.45, 2.75) is 51.0 Å². The third-order valence-corrected chi connectivity index (χ3v) is 4.99. The van der Waals surface area contributed by atoms with Gasteiger partial charge in [-0.25, -0.2) is 0 Å². The van der Waals surface area contributed by atoms with E-state index in [1.54, 1.807) is 0 Å². The van der Waals surface area contributed by atoms with E-state index in [-0.39, 0.29) is 30.4 Å². The van der Waals surface area contributed by atoms with Gasteiger partial charge >= 0.3 is 0 Å². The maximum absolute atomic E-state index is 12.5. The van der Waals surface area contributed by atoms with Crippen molar-refractivity contribution in [1.29, 1.82) is 0 Å². The summed E-state index contributed by atoms with van der Waals surface area (Å²) in [6.07, 6.45) is 12.7. The minimum Gasteiger partial charge on any atom is -0.396 e. The molecule has 0 bridgehead atoms. The normalized spacial score (nSPS) is 28.6. The topological polar surface area (TPSA) is 52.6 Å². The average molecular weight is 292 g/mol. The summed E-state index contributed by atoms with van der Waals surface area (Å²) in [5.74, 6) is 3.19. The molecule has 1 aliphatic carbocycles. The molecule has 2 unspecified atom stereocenters. The Morgan fingerprint density at radius 2 is 1.90 bits per heavy atom. The molecule has 1 saturated heterocycles. The van der Waals surface area contributed by atoms with Crippen molar-refractivity contribution in [3.63, 3.8) is 0 Å². The molecule has 1 heterocycles. The average Bonchev–Trinajstić information content (AvgIpc) is 2.73. The number of piperidine rings is 1. The lowest BCUT2D eigenvalue weighted by molar-refractivity contribution is -0.127. The molecule has 2 fully saturated rings. The monoisotopic (exact) mass is 292 g/mol. The Balaban J connectivity index is 1.82. The van der Waals surface area contributed by atoms with Crippen LogP contribution in [0, 0.1) is 24.2 Å². The molecule has 2 N–H and O–H groups in total. The van der Waals surface area contributed by atoms with Crippen LogP contribution in [0.4, 0.5) is 0 Å². The Bertz CT molecular complexity index is 369. The van der Waals surface area contributed by atoms with E-state index in [1.807, 2.05) is 0 Å². The number of amides is 1. The van der Waals surface area contributed by atoms with Gasteiger partial charge in [0.25, 0.3) is 0 Å². The first-order valence-electron chi connectivity index (χ1n) is 8.31. The lowest BCUT2D eigenvalue weighted by atomic mass is 9.92. The number of aliphatic hydroxyl groups is 1. The molecule has 1 aliphatic heterocycles. The van der Waals surface area contributed by atoms with Crippen molar-refractivity contribution in [2.75, 3.05) is 26.2 Å². The van der Waals surface area contributed by atoms with E-state index in [4.69, 9.17) is 6.42 Å². The predicted molar refractivity (Wildman–Crippen MR) is 83.6 cm³/mol. The fourth-order valence-electron chi connectivity index (χ4n) is 3.58. The third-order valence-electron chi connectivity index (χ3n) is 4.99. The molecule has 2 atom stereocenters. The van der Waals surface area contributed by atoms with Crippen LogP contribution in [0.1, 0.15) is 44.9 Å². The van der Waals surface area contributed by atoms with Crippen LogP contribution in [0.5, 0.6) is 0 Å². The van der Waals surface area contributed by atoms with Gasteiger partial charge in [-0.05, 0) is 38.8 Å². The van der Waals surface area contributed by atoms with Crippen LogP contribution in [0.15, 0.2) is 0 Å². The van der Waals surface area contributed by atoms with Gasteiger partial charge in [-0.3, -0.25) is 9.69 Å². The van der Waals surface area contributed by atoms with Gasteiger partial charge in [-0.1, -0.05) is 25.2 Å². The van der Waals surface area contributed by atoms with E-state index in [2.05, 4.69) is 16.1 Å². The van der Waals surface area contributed by atoms with Crippen LogP contribution in [-0.4, -0.2) is 48.2 Å². The molecule has 0 spiro atoms. The summed E-state index contributed by atoms with van der Waals surface area (Å²) in [6.45, 7) is 2.70. The number of hydrogen-bond donors (Lipinski definition) is 2. The second-order valence-corrected chi connectivity index (χ2v) is 6.45. The molecular weight excluding hydrogens is 264 g/mol. The Morgan fingerprint density at radius 3 is 2.57 bits per heavy atom. The van der Waals surface area contributed by atoms with E-state index < -0.39 is 0 Å². The van der Waals surface area contributed by atoms with Crippen molar-refractivity contribution in [2.24, 2.45) is 11.8 Å². The molecule has 2 aliphatic rings. The summed E-state index contributed by atoms with van der Waals surface area (Å²) >= 11 is 0. The van der Waals surface area contributed by atoms with Gasteiger partial charge in [0.2, 0.25) is 5.91 Å². The molecule has 118 valence electrons. The van der Waals surface area contributed by atoms with Crippen molar-refractivity contribution >= 4 is 5.91 Å². The second kappa shape index (κ2) is 8.41. The largest absolute Gasteiger partial charge is 0.396 e. The van der Waals surface area contributed by atoms with E-state index in [1.165, 1.54) is 12.8 Å². The number of hydrogen-bond acceptors (Lipinski definition) is 3. The van der Waals surface area contributed by atoms with Gasteiger partial charge in [-0.2, -0.15) is 0 Å². The van der Waals surface area contributed by atoms with E-state index in [9.17, 15) is 9.90 Å². The quantitative estimate of drug-likeness (QED) is 0.608. The SMILES string of the molecule is C#CCN1CCC(C(=O)NC2CCCCCC2CO)CC1. The maximum Gasteiger partial charge on any atom is 0.223 e. The minimum atomic E-state index is 0.113. The number of likely N-dealkylation sites (tertiary alicyclic amines) is 1. The number of terminal acetylenes is 1. The molecular formula is C17H28N2O2. The first kappa shape index (κ1) is 16.3. The highest BCUT2D eigenvalue weighted by atomic mass is 16.3. The Kier molecular flexibility index (Phi) is 6.53. The highest BCUT2D eigenvalue weighted by Gasteiger charge is 2.29. The van der Waals surface area contributed by atoms with Gasteiger partial charge in [0, 0.05) is 24.5 Å². The number of carbonyl (C=O) groups excluding carboxylic acids is 1. The smallest absolute Gasteiger partial charge is 0.223 e. The van der Waals surface area contributed by atoms with Crippen molar-refractivity contribution in [3.05, 3.63) is 0 Å². The fraction of sp³-hybridized carbons (Fsp3) is 0.824. The molecule has 0 aromatic rings. The molecule has 0 radical (unpaired) electrons. The van der Waals surface area contributed by atoms with Gasteiger partial charge in [0.05, 0.1) is 6.54 Å². The van der Waals surface area contributed by atoms with Crippen molar-refractivity contribution in [1.82, 2.24) is 10.2 Å². The zero-order valence-corrected chi connectivity index (χ0v) is 12.9. The number of aliphatic hydroxyl groups excluding tert-OH is 1. The molecule has 21 heavy (non-hydrogen) atoms. The highest BCUT2D eigenvalue weighted by Crippen LogP contribution is 2.24. The molecule has 4 nitrogen and oxygen atoms in total. The first-order valence-corrected chi connectivity index (χ1v) is 8.31. The summed E-state index contributed by atoms with van der Waals surface area (Å²) in [7, 11) is 0. The van der Waals surface area contributed by atoms with E-state index >= 15 is 0 Å². The Morgan fingerprint density at radius 1 is 1.19 bits per heavy atom. The standard InChI is InChI=1S/C17H28N2O2/c1-2-10-19-11-8-14(9-12-19)17(21)18-16-7-5-3-4-6-15(16)13-20/h1,14-16,20H,3-13H2,(H,18,21). The minimum absolute atomic E-state index is 0.113. The second-order valence-electron chi connectivity index (χ2n) is 6.45. The lowest BCUT2D eigenvalue weighted by Gasteiger charge is -2.32. The fourth-order valence-corrected chi connectivity index (χ4v) is 3.58. The van der Waals surface area contributed by atoms with Crippen LogP contribution in [0.25, 0.3) is 0 Å². The summed E-state index contributed by atoms with van der Waals surface area (Å²) in [5.41, 5.74) is 0. The van der Waals surface area contributed by atoms with Gasteiger partial charge in [0.1, 0.15) is 0 Å². The van der Waals surface area contributed by atoms with Crippen LogP contribution in [-0.2, 0) is 4.79 Å². The third kappa shape index (κ3) is 4.72. The summed E-state index contributed by atoms with van der Waals surface area (Å²) < 4.78 is 0. The van der Waals surface area contributed by atoms with Gasteiger partial charge in [0.15, 0.2) is 0 Å². The van der Waals surface area contributed by atoms with E-state index in [0.29, 0.717) is 6.54 Å². The van der Waals surface area contributed by atoms with Crippen molar-refractivity contribution < 1.29 is 9.90 Å². The summed E-state index contributed by atoms with van der Waals surface area (Å²) in [6, 6.07) is 0.161. The van der Waals surface area contributed by atoms with Crippen LogP contribution < -0.4 is 5.32 Å². The Labute approximate surface area is 128 Å². The molecule has 1 saturated carbocycles. The summed E-state index contributed by atoms with van der Waals surface area (Å²) in [5, 5.41) is 12.7. The van der Waals surface area contributed by atoms with Crippen LogP contribution in [0.2, 0.25) is 0 Å². The van der Waals surface area contributed by atoms with Crippen LogP contribution in [0.3, 0.4) is 0 Å². The Hall–Kier alpha value is -1.05. The number of rotatable bonds is 4. The molecule has 1 amide bonds. The highest BCUT2D eigenvalue weighted by molar-refractivity contribution is 5.79. The maximum atomic E-state index is 12.5. The lowest BCUT2D eigenvalue weighted by Crippen LogP contribution is -2.46. The molecule has 4 heteroatoms. The predicted octanol–water partition coefficient (Wildman–Crippen LogP) is 1.39. The van der Waals surface area contributed by atoms with Gasteiger partial charge < -0.3 is 10.4 Å². The molecule has 0 aromatic heterocycles. The van der Waals surface area contributed by atoms with E-state index in [0.717, 1.165) is 45.2 Å². The first-order chi connectivity index (χ1) is 10.2.